The molecule has 3 rings (SSSR count). The van der Waals surface area contributed by atoms with Gasteiger partial charge >= 0.3 is 7.82 Å². The van der Waals surface area contributed by atoms with Crippen LogP contribution >= 0.6 is 7.82 Å². The fraction of sp³-hybridized carbons (Fsp3) is 0.643. The normalized spacial score (nSPS) is 35.2. The van der Waals surface area contributed by atoms with Crippen LogP contribution in [0.2, 0.25) is 0 Å². The van der Waals surface area contributed by atoms with Crippen LogP contribution in [0, 0.1) is 5.92 Å². The van der Waals surface area contributed by atoms with Gasteiger partial charge in [-0.25, -0.2) is 4.57 Å². The maximum Gasteiger partial charge on any atom is 0.469 e. The van der Waals surface area contributed by atoms with Crippen LogP contribution in [0.3, 0.4) is 0 Å². The smallest absolute Gasteiger partial charge is 0.344 e. The molecule has 0 aromatic heterocycles. The summed E-state index contributed by atoms with van der Waals surface area (Å²) in [5.74, 6) is -0.890. The molecule has 0 bridgehead atoms. The molecule has 2 heterocycles. The van der Waals surface area contributed by atoms with Crippen molar-refractivity contribution in [1.29, 1.82) is 0 Å². The number of phosphoric acid groups is 1. The Morgan fingerprint density at radius 3 is 2.75 bits per heavy atom. The number of amides is 1. The molecule has 1 aliphatic carbocycles. The minimum Gasteiger partial charge on any atom is -0.344 e. The van der Waals surface area contributed by atoms with Gasteiger partial charge in [0.1, 0.15) is 11.9 Å². The van der Waals surface area contributed by atoms with E-state index in [9.17, 15) is 9.36 Å². The number of carbonyl (C=O) groups is 1. The number of fused-ring (bicyclic) bond motifs is 1. The van der Waals surface area contributed by atoms with E-state index in [1.54, 1.807) is 24.9 Å². The average Bonchev–Trinajstić information content (AvgIpc) is 2.90. The molecule has 3 N–H and O–H groups in total. The average molecular weight is 360 g/mol. The quantitative estimate of drug-likeness (QED) is 0.618. The van der Waals surface area contributed by atoms with Gasteiger partial charge in [0, 0.05) is 18.2 Å². The van der Waals surface area contributed by atoms with Crippen molar-refractivity contribution in [2.24, 2.45) is 5.92 Å². The molecule has 0 aromatic carbocycles. The molecule has 0 unspecified atom stereocenters. The van der Waals surface area contributed by atoms with Crippen LogP contribution in [0.4, 0.5) is 0 Å². The lowest BCUT2D eigenvalue weighted by atomic mass is 10.1. The summed E-state index contributed by atoms with van der Waals surface area (Å²) in [6, 6.07) is -0.188. The number of nitrogens with zero attached hydrogens (tertiary/aromatic N) is 1. The van der Waals surface area contributed by atoms with Crippen molar-refractivity contribution in [3.8, 4) is 0 Å². The van der Waals surface area contributed by atoms with E-state index in [0.29, 0.717) is 12.2 Å². The van der Waals surface area contributed by atoms with Crippen molar-refractivity contribution in [3.05, 3.63) is 24.7 Å². The number of ether oxygens (including phenoxy) is 2. The Labute approximate surface area is 139 Å². The minimum atomic E-state index is -4.56. The van der Waals surface area contributed by atoms with Crippen LogP contribution in [0.5, 0.6) is 0 Å². The molecule has 1 saturated carbocycles. The Kier molecular flexibility index (Phi) is 4.36. The zero-order chi connectivity index (χ0) is 17.7. The highest BCUT2D eigenvalue weighted by Gasteiger charge is 2.56. The van der Waals surface area contributed by atoms with Gasteiger partial charge in [-0.05, 0) is 20.3 Å². The summed E-state index contributed by atoms with van der Waals surface area (Å²) in [5.41, 5.74) is 0. The molecule has 2 fully saturated rings. The Bertz CT molecular complexity index is 629. The van der Waals surface area contributed by atoms with E-state index in [0.717, 1.165) is 0 Å². The Balaban J connectivity index is 1.80. The van der Waals surface area contributed by atoms with E-state index in [-0.39, 0.29) is 36.7 Å². The molecule has 4 atom stereocenters. The summed E-state index contributed by atoms with van der Waals surface area (Å²) >= 11 is 0. The second kappa shape index (κ2) is 5.94. The van der Waals surface area contributed by atoms with Gasteiger partial charge in [0.25, 0.3) is 5.91 Å². The van der Waals surface area contributed by atoms with Crippen LogP contribution in [0.1, 0.15) is 20.3 Å². The van der Waals surface area contributed by atoms with Gasteiger partial charge in [0.15, 0.2) is 5.79 Å². The Morgan fingerprint density at radius 2 is 2.12 bits per heavy atom. The molecule has 1 saturated heterocycles. The molecule has 0 radical (unpaired) electrons. The monoisotopic (exact) mass is 360 g/mol. The van der Waals surface area contributed by atoms with Crippen LogP contribution in [-0.4, -0.2) is 51.2 Å². The van der Waals surface area contributed by atoms with Gasteiger partial charge in [0.2, 0.25) is 0 Å². The fourth-order valence-electron chi connectivity index (χ4n) is 3.48. The van der Waals surface area contributed by atoms with Gasteiger partial charge in [-0.1, -0.05) is 6.58 Å². The molecule has 3 aliphatic rings. The highest BCUT2D eigenvalue weighted by molar-refractivity contribution is 7.46. The molecule has 0 aromatic rings. The largest absolute Gasteiger partial charge is 0.469 e. The fourth-order valence-corrected chi connectivity index (χ4v) is 3.87. The van der Waals surface area contributed by atoms with Crippen molar-refractivity contribution in [1.82, 2.24) is 10.2 Å². The Hall–Kier alpha value is -1.22. The summed E-state index contributed by atoms with van der Waals surface area (Å²) in [7, 11) is -4.56. The summed E-state index contributed by atoms with van der Waals surface area (Å²) < 4.78 is 27.5. The summed E-state index contributed by atoms with van der Waals surface area (Å²) in [6.07, 6.45) is 2.84. The lowest BCUT2D eigenvalue weighted by Crippen LogP contribution is -2.45. The Morgan fingerprint density at radius 1 is 1.46 bits per heavy atom. The number of carbonyl (C=O) groups excluding carboxylic acids is 1. The molecular weight excluding hydrogens is 339 g/mol. The molecule has 9 nitrogen and oxygen atoms in total. The molecule has 10 heteroatoms. The predicted molar refractivity (Wildman–Crippen MR) is 82.0 cm³/mol. The SMILES string of the molecule is C=C1NC(=O)C=CN1[C@@H]1C[C@H](COP(=O)(O)O)[C@H]2OC(C)(C)O[C@H]21. The zero-order valence-corrected chi connectivity index (χ0v) is 14.3. The maximum absolute atomic E-state index is 11.4. The molecule has 0 spiro atoms. The number of hydrogen-bond donors (Lipinski definition) is 3. The van der Waals surface area contributed by atoms with E-state index >= 15 is 0 Å². The second-order valence-corrected chi connectivity index (χ2v) is 7.81. The lowest BCUT2D eigenvalue weighted by molar-refractivity contribution is -0.162. The minimum absolute atomic E-state index is 0.141. The third-order valence-electron chi connectivity index (χ3n) is 4.33. The van der Waals surface area contributed by atoms with E-state index in [2.05, 4.69) is 16.4 Å². The highest BCUT2D eigenvalue weighted by Crippen LogP contribution is 2.46. The van der Waals surface area contributed by atoms with Crippen molar-refractivity contribution in [2.75, 3.05) is 6.61 Å². The van der Waals surface area contributed by atoms with Crippen LogP contribution in [0.25, 0.3) is 0 Å². The van der Waals surface area contributed by atoms with Crippen LogP contribution in [-0.2, 0) is 23.4 Å². The zero-order valence-electron chi connectivity index (χ0n) is 13.4. The number of hydrogen-bond acceptors (Lipinski definition) is 6. The predicted octanol–water partition coefficient (Wildman–Crippen LogP) is 0.421. The highest BCUT2D eigenvalue weighted by atomic mass is 31.2. The van der Waals surface area contributed by atoms with Gasteiger partial charge in [-0.2, -0.15) is 0 Å². The lowest BCUT2D eigenvalue weighted by Gasteiger charge is -2.34. The summed E-state index contributed by atoms with van der Waals surface area (Å²) in [6.45, 7) is 7.27. The molecule has 2 aliphatic heterocycles. The van der Waals surface area contributed by atoms with Crippen molar-refractivity contribution in [3.63, 3.8) is 0 Å². The first-order chi connectivity index (χ1) is 11.1. The van der Waals surface area contributed by atoms with E-state index in [1.807, 2.05) is 0 Å². The first kappa shape index (κ1) is 17.6. The molecule has 1 amide bonds. The van der Waals surface area contributed by atoms with Gasteiger partial charge in [-0.3, -0.25) is 9.32 Å². The van der Waals surface area contributed by atoms with Crippen LogP contribution in [0.15, 0.2) is 24.7 Å². The topological polar surface area (TPSA) is 118 Å². The first-order valence-corrected chi connectivity index (χ1v) is 9.11. The summed E-state index contributed by atoms with van der Waals surface area (Å²) in [4.78, 5) is 31.1. The first-order valence-electron chi connectivity index (χ1n) is 7.58. The van der Waals surface area contributed by atoms with Crippen LogP contribution < -0.4 is 5.32 Å². The van der Waals surface area contributed by atoms with Gasteiger partial charge in [0.05, 0.1) is 18.8 Å². The van der Waals surface area contributed by atoms with E-state index in [4.69, 9.17) is 19.3 Å². The van der Waals surface area contributed by atoms with E-state index in [1.165, 1.54) is 6.08 Å². The molecule has 24 heavy (non-hydrogen) atoms. The molecule has 134 valence electrons. The van der Waals surface area contributed by atoms with Gasteiger partial charge in [-0.15, -0.1) is 0 Å². The third kappa shape index (κ3) is 3.56. The number of phosphoric ester groups is 1. The summed E-state index contributed by atoms with van der Waals surface area (Å²) in [5, 5.41) is 2.63. The maximum atomic E-state index is 11.4. The standard InChI is InChI=1S/C14H21N2O7P/c1-8-15-11(17)4-5-16(8)10-6-9(7-21-24(18,19)20)12-13(10)23-14(2,3)22-12/h4-5,9-10,12-13H,1,6-7H2,2-3H3,(H,15,17)(H2,18,19,20)/t9-,10-,12-,13+/m1/s1. The van der Waals surface area contributed by atoms with Crippen molar-refractivity contribution < 1.29 is 33.1 Å². The number of nitrogens with one attached hydrogen (secondary N) is 1. The van der Waals surface area contributed by atoms with Crippen molar-refractivity contribution >= 4 is 13.7 Å². The van der Waals surface area contributed by atoms with E-state index < -0.39 is 13.6 Å². The van der Waals surface area contributed by atoms with Crippen molar-refractivity contribution in [2.45, 2.75) is 44.3 Å². The third-order valence-corrected chi connectivity index (χ3v) is 4.82. The van der Waals surface area contributed by atoms with Gasteiger partial charge < -0.3 is 29.5 Å². The molecular formula is C14H21N2O7P. The second-order valence-electron chi connectivity index (χ2n) is 6.57. The number of rotatable bonds is 4.